The van der Waals surface area contributed by atoms with Crippen molar-refractivity contribution < 1.29 is 9.84 Å². The number of unbranched alkanes of at least 4 members (excludes halogenated alkanes) is 1. The quantitative estimate of drug-likeness (QED) is 0.493. The van der Waals surface area contributed by atoms with E-state index in [2.05, 4.69) is 27.4 Å². The average Bonchev–Trinajstić information content (AvgIpc) is 2.85. The number of ether oxygens (including phenoxy) is 1. The van der Waals surface area contributed by atoms with Gasteiger partial charge in [0.25, 0.3) is 0 Å². The fourth-order valence-electron chi connectivity index (χ4n) is 2.87. The topological polar surface area (TPSA) is 80.2 Å². The van der Waals surface area contributed by atoms with Crippen molar-refractivity contribution in [3.63, 3.8) is 0 Å². The maximum absolute atomic E-state index is 10.3. The number of phenolic OH excluding ortho intramolecular Hbond substituents is 1. The first-order chi connectivity index (χ1) is 13.3. The molecule has 0 aliphatic carbocycles. The van der Waals surface area contributed by atoms with E-state index in [0.29, 0.717) is 22.3 Å². The molecule has 2 aromatic carbocycles. The molecule has 2 heterocycles. The summed E-state index contributed by atoms with van der Waals surface area (Å²) in [4.78, 5) is 4.59. The summed E-state index contributed by atoms with van der Waals surface area (Å²) in [7, 11) is 0. The lowest BCUT2D eigenvalue weighted by Gasteiger charge is -2.20. The van der Waals surface area contributed by atoms with Crippen molar-refractivity contribution in [2.24, 2.45) is 0 Å². The van der Waals surface area contributed by atoms with E-state index in [9.17, 15) is 5.11 Å². The zero-order valence-corrected chi connectivity index (χ0v) is 15.7. The van der Waals surface area contributed by atoms with Gasteiger partial charge in [-0.1, -0.05) is 55.4 Å². The van der Waals surface area contributed by atoms with Crippen LogP contribution in [0.2, 0.25) is 0 Å². The monoisotopic (exact) mass is 380 g/mol. The number of phenols is 1. The lowest BCUT2D eigenvalue weighted by Crippen LogP contribution is -2.17. The second-order valence-electron chi connectivity index (χ2n) is 6.20. The Morgan fingerprint density at radius 2 is 1.93 bits per heavy atom. The third-order valence-electron chi connectivity index (χ3n) is 4.28. The first-order valence-corrected chi connectivity index (χ1v) is 9.93. The van der Waals surface area contributed by atoms with Gasteiger partial charge >= 0.3 is 0 Å². The van der Waals surface area contributed by atoms with Crippen molar-refractivity contribution in [2.45, 2.75) is 31.1 Å². The molecule has 0 bridgehead atoms. The molecule has 1 aliphatic rings. The Morgan fingerprint density at radius 3 is 2.78 bits per heavy atom. The zero-order chi connectivity index (χ0) is 18.6. The van der Waals surface area contributed by atoms with Crippen LogP contribution in [0.25, 0.3) is 11.3 Å². The highest BCUT2D eigenvalue weighted by Crippen LogP contribution is 2.40. The van der Waals surface area contributed by atoms with Crippen LogP contribution in [0.4, 0.5) is 5.69 Å². The molecule has 1 aliphatic heterocycles. The summed E-state index contributed by atoms with van der Waals surface area (Å²) in [5, 5.41) is 22.9. The molecule has 27 heavy (non-hydrogen) atoms. The molecule has 7 heteroatoms. The SMILES string of the molecule is CCCCSc1nnc2c(n1)O[C@H](c1ccccc1O)Nc1ccccc1-2. The second-order valence-corrected chi connectivity index (χ2v) is 7.26. The van der Waals surface area contributed by atoms with Crippen molar-refractivity contribution in [2.75, 3.05) is 11.1 Å². The minimum atomic E-state index is -0.584. The third kappa shape index (κ3) is 3.68. The number of para-hydroxylation sites is 2. The number of nitrogens with zero attached hydrogens (tertiary/aromatic N) is 3. The molecule has 2 N–H and O–H groups in total. The number of anilines is 1. The highest BCUT2D eigenvalue weighted by Gasteiger charge is 2.27. The van der Waals surface area contributed by atoms with Gasteiger partial charge in [-0.25, -0.2) is 0 Å². The van der Waals surface area contributed by atoms with E-state index >= 15 is 0 Å². The first-order valence-electron chi connectivity index (χ1n) is 8.94. The van der Waals surface area contributed by atoms with Gasteiger partial charge in [0.2, 0.25) is 17.3 Å². The van der Waals surface area contributed by atoms with Crippen molar-refractivity contribution in [3.05, 3.63) is 54.1 Å². The standard InChI is InChI=1S/C20H20N4O2S/c1-2-3-12-27-20-22-19-17(23-24-20)13-8-4-6-10-15(13)21-18(26-19)14-9-5-7-11-16(14)25/h4-11,18,21,25H,2-3,12H2,1H3/t18-/m1/s1. The number of rotatable bonds is 5. The summed E-state index contributed by atoms with van der Waals surface area (Å²) in [5.74, 6) is 1.51. The number of fused-ring (bicyclic) bond motifs is 3. The summed E-state index contributed by atoms with van der Waals surface area (Å²) < 4.78 is 6.16. The molecule has 0 radical (unpaired) electrons. The van der Waals surface area contributed by atoms with Gasteiger partial charge in [0.15, 0.2) is 5.69 Å². The lowest BCUT2D eigenvalue weighted by atomic mass is 10.1. The summed E-state index contributed by atoms with van der Waals surface area (Å²) in [6.07, 6.45) is 1.63. The maximum atomic E-state index is 10.3. The number of nitrogens with one attached hydrogen (secondary N) is 1. The van der Waals surface area contributed by atoms with Gasteiger partial charge in [0, 0.05) is 17.0 Å². The van der Waals surface area contributed by atoms with E-state index in [4.69, 9.17) is 4.74 Å². The van der Waals surface area contributed by atoms with Crippen LogP contribution in [0, 0.1) is 0 Å². The Morgan fingerprint density at radius 1 is 1.11 bits per heavy atom. The number of aromatic nitrogens is 3. The van der Waals surface area contributed by atoms with Gasteiger partial charge in [0.05, 0.1) is 5.56 Å². The zero-order valence-electron chi connectivity index (χ0n) is 14.9. The van der Waals surface area contributed by atoms with Gasteiger partial charge < -0.3 is 15.2 Å². The molecule has 0 amide bonds. The molecule has 0 fully saturated rings. The normalized spacial score (nSPS) is 15.1. The number of hydrogen-bond donors (Lipinski definition) is 2. The minimum absolute atomic E-state index is 0.162. The highest BCUT2D eigenvalue weighted by molar-refractivity contribution is 7.99. The Labute approximate surface area is 162 Å². The molecular formula is C20H20N4O2S. The Kier molecular flexibility index (Phi) is 5.11. The molecule has 0 saturated carbocycles. The van der Waals surface area contributed by atoms with E-state index in [1.54, 1.807) is 23.9 Å². The summed E-state index contributed by atoms with van der Waals surface area (Å²) >= 11 is 1.57. The number of aromatic hydroxyl groups is 1. The molecule has 6 nitrogen and oxygen atoms in total. The molecule has 138 valence electrons. The van der Waals surface area contributed by atoms with Crippen molar-refractivity contribution >= 4 is 17.4 Å². The lowest BCUT2D eigenvalue weighted by molar-refractivity contribution is 0.220. The van der Waals surface area contributed by atoms with Crippen LogP contribution in [-0.2, 0) is 0 Å². The molecule has 3 aromatic rings. The predicted molar refractivity (Wildman–Crippen MR) is 106 cm³/mol. The Balaban J connectivity index is 1.76. The minimum Gasteiger partial charge on any atom is -0.507 e. The van der Waals surface area contributed by atoms with Crippen LogP contribution >= 0.6 is 11.8 Å². The predicted octanol–water partition coefficient (Wildman–Crippen LogP) is 4.64. The van der Waals surface area contributed by atoms with Gasteiger partial charge in [0.1, 0.15) is 5.75 Å². The van der Waals surface area contributed by atoms with Crippen molar-refractivity contribution in [1.82, 2.24) is 15.2 Å². The van der Waals surface area contributed by atoms with E-state index in [0.717, 1.165) is 29.8 Å². The van der Waals surface area contributed by atoms with Crippen LogP contribution in [0.3, 0.4) is 0 Å². The highest BCUT2D eigenvalue weighted by atomic mass is 32.2. The fraction of sp³-hybridized carbons (Fsp3) is 0.250. The summed E-state index contributed by atoms with van der Waals surface area (Å²) in [5.41, 5.74) is 2.96. The number of benzene rings is 2. The van der Waals surface area contributed by atoms with E-state index < -0.39 is 6.23 Å². The van der Waals surface area contributed by atoms with Crippen LogP contribution in [0.15, 0.2) is 53.7 Å². The van der Waals surface area contributed by atoms with Crippen LogP contribution in [0.5, 0.6) is 11.6 Å². The number of hydrogen-bond acceptors (Lipinski definition) is 7. The smallest absolute Gasteiger partial charge is 0.247 e. The first kappa shape index (κ1) is 17.6. The summed E-state index contributed by atoms with van der Waals surface area (Å²) in [6.45, 7) is 2.15. The van der Waals surface area contributed by atoms with Crippen molar-refractivity contribution in [3.8, 4) is 22.9 Å². The van der Waals surface area contributed by atoms with Gasteiger partial charge in [-0.3, -0.25) is 0 Å². The van der Waals surface area contributed by atoms with E-state index in [1.807, 2.05) is 36.4 Å². The summed E-state index contributed by atoms with van der Waals surface area (Å²) in [6, 6.07) is 14.9. The largest absolute Gasteiger partial charge is 0.507 e. The number of thioether (sulfide) groups is 1. The molecule has 1 atom stereocenters. The van der Waals surface area contributed by atoms with E-state index in [1.165, 1.54) is 0 Å². The molecular weight excluding hydrogens is 360 g/mol. The third-order valence-corrected chi connectivity index (χ3v) is 5.21. The van der Waals surface area contributed by atoms with E-state index in [-0.39, 0.29) is 5.75 Å². The second kappa shape index (κ2) is 7.84. The molecule has 0 spiro atoms. The Bertz CT molecular complexity index is 951. The molecule has 4 rings (SSSR count). The van der Waals surface area contributed by atoms with Gasteiger partial charge in [-0.15, -0.1) is 10.2 Å². The molecule has 1 aromatic heterocycles. The average molecular weight is 380 g/mol. The van der Waals surface area contributed by atoms with Crippen LogP contribution in [0.1, 0.15) is 31.6 Å². The van der Waals surface area contributed by atoms with Crippen LogP contribution in [-0.4, -0.2) is 26.0 Å². The maximum Gasteiger partial charge on any atom is 0.247 e. The fourth-order valence-corrected chi connectivity index (χ4v) is 3.73. The molecule has 0 unspecified atom stereocenters. The Hall–Kier alpha value is -2.80. The van der Waals surface area contributed by atoms with Crippen LogP contribution < -0.4 is 10.1 Å². The van der Waals surface area contributed by atoms with Crippen molar-refractivity contribution in [1.29, 1.82) is 0 Å². The molecule has 0 saturated heterocycles. The van der Waals surface area contributed by atoms with Gasteiger partial charge in [-0.2, -0.15) is 4.98 Å². The van der Waals surface area contributed by atoms with Gasteiger partial charge in [-0.05, 0) is 24.6 Å².